The van der Waals surface area contributed by atoms with Gasteiger partial charge in [0.1, 0.15) is 0 Å². The smallest absolute Gasteiger partial charge is 0.151 e. The zero-order valence-electron chi connectivity index (χ0n) is 9.26. The number of anilines is 2. The van der Waals surface area contributed by atoms with Crippen molar-refractivity contribution >= 4 is 11.4 Å². The number of para-hydroxylation sites is 4. The van der Waals surface area contributed by atoms with Gasteiger partial charge >= 0.3 is 0 Å². The molecule has 0 aromatic heterocycles. The lowest BCUT2D eigenvalue weighted by atomic mass is 10.2. The van der Waals surface area contributed by atoms with Crippen LogP contribution in [-0.4, -0.2) is 0 Å². The monoisotopic (exact) mass is 221 g/mol. The second-order valence-electron chi connectivity index (χ2n) is 3.74. The van der Waals surface area contributed by atoms with Crippen molar-refractivity contribution in [2.75, 3.05) is 4.90 Å². The molecule has 2 nitrogen and oxygen atoms in total. The summed E-state index contributed by atoms with van der Waals surface area (Å²) in [5.74, 6) is 1.69. The maximum atomic E-state index is 5.84. The van der Waals surface area contributed by atoms with E-state index in [9.17, 15) is 0 Å². The van der Waals surface area contributed by atoms with E-state index in [-0.39, 0.29) is 0 Å². The van der Waals surface area contributed by atoms with Crippen LogP contribution in [0.1, 0.15) is 0 Å². The lowest BCUT2D eigenvalue weighted by Gasteiger charge is -2.29. The molecule has 82 valence electrons. The molecule has 1 heterocycles. The number of hydrogen-bond acceptors (Lipinski definition) is 2. The van der Waals surface area contributed by atoms with E-state index in [1.807, 2.05) is 59.6 Å². The molecule has 2 heteroatoms. The van der Waals surface area contributed by atoms with Crippen LogP contribution in [0.3, 0.4) is 0 Å². The predicted molar refractivity (Wildman–Crippen MR) is 68.8 cm³/mol. The van der Waals surface area contributed by atoms with Crippen molar-refractivity contribution < 1.29 is 4.74 Å². The molecular formula is C15H11NO. The van der Waals surface area contributed by atoms with Gasteiger partial charge in [-0.15, -0.1) is 5.73 Å². The Morgan fingerprint density at radius 3 is 2.00 bits per heavy atom. The van der Waals surface area contributed by atoms with Crippen molar-refractivity contribution in [3.05, 3.63) is 67.0 Å². The van der Waals surface area contributed by atoms with Crippen LogP contribution in [0.15, 0.2) is 67.0 Å². The van der Waals surface area contributed by atoms with E-state index in [1.54, 1.807) is 0 Å². The molecule has 0 atom stereocenters. The zero-order valence-corrected chi connectivity index (χ0v) is 9.26. The number of hydrogen-bond donors (Lipinski definition) is 0. The van der Waals surface area contributed by atoms with Gasteiger partial charge in [-0.3, -0.25) is 0 Å². The molecule has 0 unspecified atom stereocenters. The van der Waals surface area contributed by atoms with E-state index in [1.165, 1.54) is 0 Å². The first-order valence-corrected chi connectivity index (χ1v) is 5.41. The summed E-state index contributed by atoms with van der Waals surface area (Å²) in [6.07, 6.45) is 1.82. The molecule has 3 rings (SSSR count). The number of benzene rings is 2. The summed E-state index contributed by atoms with van der Waals surface area (Å²) in [5.41, 5.74) is 4.82. The number of rotatable bonds is 1. The van der Waals surface area contributed by atoms with E-state index in [0.29, 0.717) is 0 Å². The molecule has 0 fully saturated rings. The zero-order chi connectivity index (χ0) is 11.7. The first kappa shape index (κ1) is 9.76. The Hall–Kier alpha value is -2.44. The molecule has 0 spiro atoms. The third kappa shape index (κ3) is 1.52. The highest BCUT2D eigenvalue weighted by molar-refractivity contribution is 5.79. The van der Waals surface area contributed by atoms with Crippen molar-refractivity contribution in [1.29, 1.82) is 0 Å². The second kappa shape index (κ2) is 3.85. The van der Waals surface area contributed by atoms with E-state index < -0.39 is 0 Å². The average molecular weight is 221 g/mol. The SMILES string of the molecule is C=C=CN1c2ccccc2Oc2ccccc21. The number of ether oxygens (including phenoxy) is 1. The first-order chi connectivity index (χ1) is 8.40. The molecule has 2 aromatic rings. The van der Waals surface area contributed by atoms with Gasteiger partial charge in [0.25, 0.3) is 0 Å². The third-order valence-electron chi connectivity index (χ3n) is 2.69. The molecule has 2 aromatic carbocycles. The Bertz CT molecular complexity index is 566. The number of fused-ring (bicyclic) bond motifs is 2. The summed E-state index contributed by atoms with van der Waals surface area (Å²) < 4.78 is 5.84. The van der Waals surface area contributed by atoms with Crippen molar-refractivity contribution in [3.8, 4) is 11.5 Å². The summed E-state index contributed by atoms with van der Waals surface area (Å²) in [5, 5.41) is 0. The lowest BCUT2D eigenvalue weighted by molar-refractivity contribution is 0.476. The molecular weight excluding hydrogens is 210 g/mol. The minimum atomic E-state index is 0.845. The maximum Gasteiger partial charge on any atom is 0.151 e. The minimum Gasteiger partial charge on any atom is -0.453 e. The highest BCUT2D eigenvalue weighted by Gasteiger charge is 2.21. The van der Waals surface area contributed by atoms with E-state index >= 15 is 0 Å². The standard InChI is InChI=1S/C15H11NO/c1-2-11-16-12-7-3-5-9-14(12)17-15-10-6-4-8-13(15)16/h3-11H,1H2. The largest absolute Gasteiger partial charge is 0.453 e. The average Bonchev–Trinajstić information content (AvgIpc) is 2.39. The van der Waals surface area contributed by atoms with Gasteiger partial charge in [0.15, 0.2) is 11.5 Å². The molecule has 0 amide bonds. The fourth-order valence-electron chi connectivity index (χ4n) is 1.96. The van der Waals surface area contributed by atoms with E-state index in [4.69, 9.17) is 4.74 Å². The number of nitrogens with zero attached hydrogens (tertiary/aromatic N) is 1. The molecule has 0 bridgehead atoms. The molecule has 0 saturated heterocycles. The van der Waals surface area contributed by atoms with Crippen molar-refractivity contribution in [2.24, 2.45) is 0 Å². The van der Waals surface area contributed by atoms with Crippen molar-refractivity contribution in [3.63, 3.8) is 0 Å². The normalized spacial score (nSPS) is 11.9. The molecule has 1 aliphatic rings. The Balaban J connectivity index is 2.24. The van der Waals surface area contributed by atoms with Gasteiger partial charge in [-0.1, -0.05) is 30.8 Å². The van der Waals surface area contributed by atoms with Gasteiger partial charge in [-0.2, -0.15) is 0 Å². The van der Waals surface area contributed by atoms with Crippen molar-refractivity contribution in [2.45, 2.75) is 0 Å². The Morgan fingerprint density at radius 1 is 0.941 bits per heavy atom. The van der Waals surface area contributed by atoms with Gasteiger partial charge < -0.3 is 9.64 Å². The van der Waals surface area contributed by atoms with Gasteiger partial charge in [0.05, 0.1) is 17.6 Å². The van der Waals surface area contributed by atoms with Crippen LogP contribution in [0.5, 0.6) is 11.5 Å². The minimum absolute atomic E-state index is 0.845. The van der Waals surface area contributed by atoms with Gasteiger partial charge in [-0.25, -0.2) is 0 Å². The fourth-order valence-corrected chi connectivity index (χ4v) is 1.96. The molecule has 17 heavy (non-hydrogen) atoms. The maximum absolute atomic E-state index is 5.84. The summed E-state index contributed by atoms with van der Waals surface area (Å²) in [6.45, 7) is 3.64. The topological polar surface area (TPSA) is 12.5 Å². The van der Waals surface area contributed by atoms with Gasteiger partial charge in [0, 0.05) is 0 Å². The third-order valence-corrected chi connectivity index (χ3v) is 2.69. The van der Waals surface area contributed by atoms with Gasteiger partial charge in [-0.05, 0) is 24.3 Å². The fraction of sp³-hybridized carbons (Fsp3) is 0. The highest BCUT2D eigenvalue weighted by Crippen LogP contribution is 2.46. The van der Waals surface area contributed by atoms with E-state index in [0.717, 1.165) is 22.9 Å². The summed E-state index contributed by atoms with van der Waals surface area (Å²) in [7, 11) is 0. The summed E-state index contributed by atoms with van der Waals surface area (Å²) in [4.78, 5) is 2.03. The van der Waals surface area contributed by atoms with Crippen LogP contribution in [0.2, 0.25) is 0 Å². The summed E-state index contributed by atoms with van der Waals surface area (Å²) >= 11 is 0. The molecule has 0 saturated carbocycles. The molecule has 1 aliphatic heterocycles. The first-order valence-electron chi connectivity index (χ1n) is 5.41. The molecule has 0 N–H and O–H groups in total. The second-order valence-corrected chi connectivity index (χ2v) is 3.74. The lowest BCUT2D eigenvalue weighted by Crippen LogP contribution is -2.14. The van der Waals surface area contributed by atoms with Crippen LogP contribution in [0.25, 0.3) is 0 Å². The van der Waals surface area contributed by atoms with E-state index in [2.05, 4.69) is 12.3 Å². The van der Waals surface area contributed by atoms with Gasteiger partial charge in [0.2, 0.25) is 0 Å². The van der Waals surface area contributed by atoms with Crippen LogP contribution in [-0.2, 0) is 0 Å². The molecule has 0 aliphatic carbocycles. The Kier molecular flexibility index (Phi) is 2.21. The van der Waals surface area contributed by atoms with Crippen LogP contribution in [0, 0.1) is 0 Å². The van der Waals surface area contributed by atoms with Crippen LogP contribution < -0.4 is 9.64 Å². The summed E-state index contributed by atoms with van der Waals surface area (Å²) in [6, 6.07) is 15.8. The molecule has 0 radical (unpaired) electrons. The predicted octanol–water partition coefficient (Wildman–Crippen LogP) is 4.23. The highest BCUT2D eigenvalue weighted by atomic mass is 16.5. The van der Waals surface area contributed by atoms with Crippen LogP contribution in [0.4, 0.5) is 11.4 Å². The van der Waals surface area contributed by atoms with Crippen LogP contribution >= 0.6 is 0 Å². The van der Waals surface area contributed by atoms with Crippen molar-refractivity contribution in [1.82, 2.24) is 0 Å². The Morgan fingerprint density at radius 2 is 1.47 bits per heavy atom. The quantitative estimate of drug-likeness (QED) is 0.668. The Labute approximate surface area is 100 Å².